The zero-order chi connectivity index (χ0) is 13.1. The van der Waals surface area contributed by atoms with Gasteiger partial charge in [-0.2, -0.15) is 5.06 Å². The van der Waals surface area contributed by atoms with Crippen molar-refractivity contribution in [1.29, 1.82) is 0 Å². The Morgan fingerprint density at radius 2 is 1.71 bits per heavy atom. The Morgan fingerprint density at radius 3 is 2.06 bits per heavy atom. The van der Waals surface area contributed by atoms with Gasteiger partial charge in [0.15, 0.2) is 5.72 Å². The second-order valence-electron chi connectivity index (χ2n) is 6.18. The van der Waals surface area contributed by atoms with E-state index in [-0.39, 0.29) is 0 Å². The van der Waals surface area contributed by atoms with E-state index in [1.165, 1.54) is 9.96 Å². The van der Waals surface area contributed by atoms with Gasteiger partial charge in [-0.25, -0.2) is 0 Å². The van der Waals surface area contributed by atoms with Crippen molar-refractivity contribution in [3.63, 3.8) is 0 Å². The molecule has 17 heavy (non-hydrogen) atoms. The molecule has 2 heterocycles. The summed E-state index contributed by atoms with van der Waals surface area (Å²) in [5.41, 5.74) is -1.59. The third kappa shape index (κ3) is 1.64. The molecule has 0 aromatic rings. The Kier molecular flexibility index (Phi) is 2.50. The van der Waals surface area contributed by atoms with Gasteiger partial charge in [0, 0.05) is 30.0 Å². The summed E-state index contributed by atoms with van der Waals surface area (Å²) in [6.07, 6.45) is 5.46. The lowest BCUT2D eigenvalue weighted by Gasteiger charge is -2.63. The first-order valence-electron chi connectivity index (χ1n) is 5.75. The molecule has 1 unspecified atom stereocenters. The molecule has 0 aromatic carbocycles. The highest BCUT2D eigenvalue weighted by Crippen LogP contribution is 2.50. The van der Waals surface area contributed by atoms with Crippen LogP contribution in [0.5, 0.6) is 0 Å². The quantitative estimate of drug-likeness (QED) is 0.617. The standard InChI is InChI=1S/C12H20N2O3/c1-6-13-9(15)17-12(13)7-10(2,3)14(16)11(4,5)8-12/h1,9,15-16H,7-8H2,2-5H3. The van der Waals surface area contributed by atoms with Gasteiger partial charge in [-0.05, 0) is 27.7 Å². The Balaban J connectivity index is 2.32. The van der Waals surface area contributed by atoms with Crippen LogP contribution >= 0.6 is 0 Å². The van der Waals surface area contributed by atoms with Crippen LogP contribution in [0.15, 0.2) is 0 Å². The fraction of sp³-hybridized carbons (Fsp3) is 0.833. The molecular formula is C12H20N2O3. The molecule has 0 aliphatic carbocycles. The average Bonchev–Trinajstić information content (AvgIpc) is 2.13. The number of piperidine rings is 1. The molecule has 0 bridgehead atoms. The molecule has 2 aliphatic rings. The number of hydroxylamine groups is 2. The van der Waals surface area contributed by atoms with Crippen LogP contribution < -0.4 is 0 Å². The second-order valence-corrected chi connectivity index (χ2v) is 6.18. The van der Waals surface area contributed by atoms with Crippen LogP contribution in [0.4, 0.5) is 0 Å². The number of nitrogens with zero attached hydrogens (tertiary/aromatic N) is 2. The highest BCUT2D eigenvalue weighted by Gasteiger charge is 2.62. The fourth-order valence-electron chi connectivity index (χ4n) is 3.28. The van der Waals surface area contributed by atoms with Gasteiger partial charge in [0.05, 0.1) is 0 Å². The van der Waals surface area contributed by atoms with Gasteiger partial charge in [0.25, 0.3) is 0 Å². The van der Waals surface area contributed by atoms with Gasteiger partial charge in [0.2, 0.25) is 6.41 Å². The first-order chi connectivity index (χ1) is 7.65. The molecule has 2 N–H and O–H groups in total. The zero-order valence-electron chi connectivity index (χ0n) is 10.8. The normalized spacial score (nSPS) is 34.2. The second kappa shape index (κ2) is 3.36. The third-order valence-corrected chi connectivity index (χ3v) is 3.69. The zero-order valence-corrected chi connectivity index (χ0v) is 10.8. The maximum absolute atomic E-state index is 10.2. The van der Waals surface area contributed by atoms with E-state index in [1.807, 2.05) is 27.7 Å². The van der Waals surface area contributed by atoms with Crippen LogP contribution in [0, 0.1) is 12.5 Å². The maximum Gasteiger partial charge on any atom is 0.249 e. The summed E-state index contributed by atoms with van der Waals surface area (Å²) >= 11 is 0. The molecular weight excluding hydrogens is 220 g/mol. The maximum atomic E-state index is 10.2. The fourth-order valence-corrected chi connectivity index (χ4v) is 3.28. The Bertz CT molecular complexity index is 354. The van der Waals surface area contributed by atoms with Crippen LogP contribution in [0.25, 0.3) is 0 Å². The Labute approximate surface area is 102 Å². The summed E-state index contributed by atoms with van der Waals surface area (Å²) in [5, 5.41) is 21.1. The van der Waals surface area contributed by atoms with Crippen molar-refractivity contribution in [3.05, 3.63) is 0 Å². The van der Waals surface area contributed by atoms with E-state index in [0.717, 1.165) is 0 Å². The van der Waals surface area contributed by atoms with Crippen molar-refractivity contribution >= 4 is 0 Å². The molecule has 0 saturated carbocycles. The van der Waals surface area contributed by atoms with Gasteiger partial charge in [-0.1, -0.05) is 6.42 Å². The van der Waals surface area contributed by atoms with E-state index in [9.17, 15) is 10.3 Å². The molecule has 2 saturated heterocycles. The van der Waals surface area contributed by atoms with Gasteiger partial charge in [-0.15, -0.1) is 0 Å². The van der Waals surface area contributed by atoms with Gasteiger partial charge in [-0.3, -0.25) is 4.90 Å². The molecule has 2 rings (SSSR count). The predicted molar refractivity (Wildman–Crippen MR) is 61.5 cm³/mol. The molecule has 1 atom stereocenters. The molecule has 1 spiro atoms. The number of rotatable bonds is 0. The number of aliphatic hydroxyl groups is 1. The lowest BCUT2D eigenvalue weighted by atomic mass is 9.75. The highest BCUT2D eigenvalue weighted by atomic mass is 16.7. The van der Waals surface area contributed by atoms with Crippen LogP contribution in [0.3, 0.4) is 0 Å². The van der Waals surface area contributed by atoms with E-state index in [1.54, 1.807) is 0 Å². The number of aliphatic hydroxyl groups excluding tert-OH is 1. The largest absolute Gasteiger partial charge is 0.351 e. The van der Waals surface area contributed by atoms with Gasteiger partial charge in [0.1, 0.15) is 0 Å². The molecule has 5 heteroatoms. The SMILES string of the molecule is C#CN1C(O)OC12CC(C)(C)N(O)C(C)(C)C2. The molecule has 2 aliphatic heterocycles. The van der Waals surface area contributed by atoms with Crippen molar-refractivity contribution in [2.24, 2.45) is 0 Å². The van der Waals surface area contributed by atoms with Crippen molar-refractivity contribution in [2.75, 3.05) is 0 Å². The minimum absolute atomic E-state index is 0.461. The predicted octanol–water partition coefficient (Wildman–Crippen LogP) is 0.924. The van der Waals surface area contributed by atoms with Crippen molar-refractivity contribution in [1.82, 2.24) is 9.96 Å². The smallest absolute Gasteiger partial charge is 0.249 e. The monoisotopic (exact) mass is 240 g/mol. The topological polar surface area (TPSA) is 56.2 Å². The van der Waals surface area contributed by atoms with Crippen LogP contribution in [-0.2, 0) is 4.74 Å². The minimum Gasteiger partial charge on any atom is -0.351 e. The summed E-state index contributed by atoms with van der Waals surface area (Å²) in [4.78, 5) is 1.49. The Hall–Kier alpha value is -0.800. The first-order valence-corrected chi connectivity index (χ1v) is 5.75. The highest BCUT2D eigenvalue weighted by molar-refractivity contribution is 5.11. The van der Waals surface area contributed by atoms with E-state index < -0.39 is 23.2 Å². The first kappa shape index (κ1) is 12.7. The van der Waals surface area contributed by atoms with Crippen LogP contribution in [0.2, 0.25) is 0 Å². The van der Waals surface area contributed by atoms with Gasteiger partial charge < -0.3 is 15.1 Å². The third-order valence-electron chi connectivity index (χ3n) is 3.69. The van der Waals surface area contributed by atoms with Crippen LogP contribution in [0.1, 0.15) is 40.5 Å². The van der Waals surface area contributed by atoms with Crippen molar-refractivity contribution in [2.45, 2.75) is 63.8 Å². The molecule has 0 aromatic heterocycles. The molecule has 0 amide bonds. The molecule has 2 fully saturated rings. The van der Waals surface area contributed by atoms with Crippen molar-refractivity contribution < 1.29 is 15.1 Å². The minimum atomic E-state index is -1.03. The van der Waals surface area contributed by atoms with Crippen molar-refractivity contribution in [3.8, 4) is 12.5 Å². The molecule has 5 nitrogen and oxygen atoms in total. The summed E-state index contributed by atoms with van der Waals surface area (Å²) < 4.78 is 5.49. The number of hydrogen-bond acceptors (Lipinski definition) is 5. The number of terminal acetylenes is 1. The van der Waals surface area contributed by atoms with E-state index >= 15 is 0 Å². The molecule has 0 radical (unpaired) electrons. The summed E-state index contributed by atoms with van der Waals surface area (Å²) in [5.74, 6) is 0. The summed E-state index contributed by atoms with van der Waals surface area (Å²) in [6.45, 7) is 7.72. The lowest BCUT2D eigenvalue weighted by Crippen LogP contribution is -2.76. The average molecular weight is 240 g/mol. The summed E-state index contributed by atoms with van der Waals surface area (Å²) in [7, 11) is 0. The van der Waals surface area contributed by atoms with E-state index in [2.05, 4.69) is 6.04 Å². The van der Waals surface area contributed by atoms with Gasteiger partial charge >= 0.3 is 0 Å². The van der Waals surface area contributed by atoms with E-state index in [0.29, 0.717) is 12.8 Å². The lowest BCUT2D eigenvalue weighted by molar-refractivity contribution is -0.438. The van der Waals surface area contributed by atoms with Crippen LogP contribution in [-0.4, -0.2) is 43.5 Å². The number of ether oxygens (including phenoxy) is 1. The molecule has 96 valence electrons. The number of hydrogen-bond donors (Lipinski definition) is 2. The summed E-state index contributed by atoms with van der Waals surface area (Å²) in [6, 6.07) is 2.46. The van der Waals surface area contributed by atoms with E-state index in [4.69, 9.17) is 11.2 Å². The Morgan fingerprint density at radius 1 is 1.24 bits per heavy atom.